The third-order valence-corrected chi connectivity index (χ3v) is 12.1. The second-order valence-corrected chi connectivity index (χ2v) is 15.5. The van der Waals surface area contributed by atoms with Crippen LogP contribution in [0.25, 0.3) is 0 Å². The van der Waals surface area contributed by atoms with Gasteiger partial charge in [0.2, 0.25) is 5.78 Å². The van der Waals surface area contributed by atoms with E-state index in [2.05, 4.69) is 54.1 Å². The highest BCUT2D eigenvalue weighted by molar-refractivity contribution is 7.54. The van der Waals surface area contributed by atoms with Crippen LogP contribution < -0.4 is 5.73 Å². The smallest absolute Gasteiger partial charge is 0.337 e. The molecule has 3 saturated carbocycles. The van der Waals surface area contributed by atoms with Crippen LogP contribution in [0.1, 0.15) is 107 Å². The molecule has 0 radical (unpaired) electrons. The monoisotopic (exact) mass is 733 g/mol. The number of hydrogen-bond donors (Lipinski definition) is 3. The first kappa shape index (κ1) is 44.0. The standard InChI is InChI=1S/C27H36O6.C3H11NO5P2.C3H8.C2H6/c1-5-6-24-32-23-14-21-19-8-7-17-13-18(29)9-11-25(17,3)20(19)10-12-26(21,4)27(23,33-24)22(30)15-31-16(2)28;1-7-10(5)9-11(6)8-3-2-4;1-3-2;1-2/h9,11,13,19-21,23-24H,5-8,10,12,14-15H2,1-4H3;5-6H,2-4H2,1H3;3H2,1-2H3;1-2H3/t19?,20?,21?,23-,24?,25?,26?,27-;;;/m1.../s1. The van der Waals surface area contributed by atoms with E-state index >= 15 is 0 Å². The van der Waals surface area contributed by atoms with Crippen molar-refractivity contribution in [2.45, 2.75) is 125 Å². The summed E-state index contributed by atoms with van der Waals surface area (Å²) < 4.78 is 31.5. The number of fused-ring (bicyclic) bond motifs is 7. The number of nitrogens with two attached hydrogens (primary N) is 1. The maximum atomic E-state index is 13.7. The van der Waals surface area contributed by atoms with Gasteiger partial charge in [-0.3, -0.25) is 14.4 Å². The Labute approximate surface area is 295 Å². The van der Waals surface area contributed by atoms with Gasteiger partial charge in [-0.15, -0.1) is 0 Å². The summed E-state index contributed by atoms with van der Waals surface area (Å²) in [5.41, 5.74) is 4.80. The zero-order chi connectivity index (χ0) is 37.0. The largest absolute Gasteiger partial charge is 0.458 e. The topological polar surface area (TPSA) is 173 Å². The summed E-state index contributed by atoms with van der Waals surface area (Å²) in [5, 5.41) is 0. The first-order valence-electron chi connectivity index (χ1n) is 17.7. The molecule has 0 aromatic rings. The molecule has 0 aromatic heterocycles. The van der Waals surface area contributed by atoms with Crippen LogP contribution in [0.3, 0.4) is 0 Å². The lowest BCUT2D eigenvalue weighted by Crippen LogP contribution is -2.60. The number of esters is 1. The van der Waals surface area contributed by atoms with E-state index in [1.807, 2.05) is 19.9 Å². The van der Waals surface area contributed by atoms with Crippen molar-refractivity contribution in [1.29, 1.82) is 0 Å². The van der Waals surface area contributed by atoms with Gasteiger partial charge in [-0.2, -0.15) is 0 Å². The zero-order valence-electron chi connectivity index (χ0n) is 30.9. The Morgan fingerprint density at radius 2 is 1.78 bits per heavy atom. The van der Waals surface area contributed by atoms with Gasteiger partial charge in [-0.05, 0) is 68.4 Å². The first-order valence-corrected chi connectivity index (χ1v) is 20.0. The molecule has 4 fully saturated rings. The molecule has 5 rings (SSSR count). The van der Waals surface area contributed by atoms with E-state index in [0.29, 0.717) is 18.4 Å². The van der Waals surface area contributed by atoms with Gasteiger partial charge in [-0.1, -0.05) is 73.0 Å². The first-order chi connectivity index (χ1) is 23.3. The van der Waals surface area contributed by atoms with Crippen LogP contribution in [-0.2, 0) is 42.0 Å². The highest BCUT2D eigenvalue weighted by atomic mass is 31.2. The fraction of sp³-hybridized carbons (Fsp3) is 0.800. The van der Waals surface area contributed by atoms with Gasteiger partial charge in [0.15, 0.2) is 24.3 Å². The number of carbonyl (C=O) groups is 3. The third kappa shape index (κ3) is 9.83. The summed E-state index contributed by atoms with van der Waals surface area (Å²) in [4.78, 5) is 54.7. The Hall–Kier alpha value is -1.17. The van der Waals surface area contributed by atoms with E-state index in [4.69, 9.17) is 29.7 Å². The van der Waals surface area contributed by atoms with E-state index in [1.165, 1.54) is 26.0 Å². The number of carbonyl (C=O) groups excluding carboxylic acids is 3. The molecule has 12 nitrogen and oxygen atoms in total. The molecule has 0 amide bonds. The molecule has 14 heteroatoms. The van der Waals surface area contributed by atoms with Crippen molar-refractivity contribution in [1.82, 2.24) is 0 Å². The molecule has 4 aliphatic carbocycles. The van der Waals surface area contributed by atoms with E-state index < -0.39 is 28.8 Å². The van der Waals surface area contributed by atoms with Crippen LogP contribution in [0.2, 0.25) is 0 Å². The summed E-state index contributed by atoms with van der Waals surface area (Å²) in [5.74, 6) is 0.637. The molecule has 0 bridgehead atoms. The molecule has 4 N–H and O–H groups in total. The Morgan fingerprint density at radius 3 is 2.37 bits per heavy atom. The molecule has 49 heavy (non-hydrogen) atoms. The number of hydrogen-bond acceptors (Lipinski definition) is 12. The number of ether oxygens (including phenoxy) is 3. The Bertz CT molecular complexity index is 1150. The van der Waals surface area contributed by atoms with E-state index in [9.17, 15) is 14.4 Å². The molecule has 0 aromatic carbocycles. The number of allylic oxidation sites excluding steroid dienone is 4. The minimum absolute atomic E-state index is 0.0933. The second-order valence-electron chi connectivity index (χ2n) is 13.3. The fourth-order valence-electron chi connectivity index (χ4n) is 8.41. The van der Waals surface area contributed by atoms with Crippen LogP contribution in [-0.4, -0.2) is 72.2 Å². The zero-order valence-corrected chi connectivity index (χ0v) is 32.7. The maximum Gasteiger partial charge on any atom is 0.337 e. The SMILES string of the molecule is CC.CCC.CCCC1O[C@@H]2CC3C4CCC5=CC(=O)C=CC5(C)C4CCC3(C)[C@]2(C(=O)COC(C)=O)O1.COP(O)OP(O)OCCN. The number of Topliss-reactive ketones (excluding diaryl/α,β-unsaturated/α-hetero) is 1. The quantitative estimate of drug-likeness (QED) is 0.150. The van der Waals surface area contributed by atoms with Gasteiger partial charge in [-0.25, -0.2) is 4.31 Å². The molecule has 0 spiro atoms. The van der Waals surface area contributed by atoms with Crippen LogP contribution in [0.5, 0.6) is 0 Å². The molecule has 1 saturated heterocycles. The van der Waals surface area contributed by atoms with Gasteiger partial charge < -0.3 is 38.8 Å². The van der Waals surface area contributed by atoms with Crippen LogP contribution >= 0.6 is 17.2 Å². The van der Waals surface area contributed by atoms with Gasteiger partial charge in [0.1, 0.15) is 0 Å². The van der Waals surface area contributed by atoms with Crippen molar-refractivity contribution in [3.8, 4) is 0 Å². The van der Waals surface area contributed by atoms with Gasteiger partial charge in [0.25, 0.3) is 0 Å². The molecule has 10 atom stereocenters. The normalized spacial score (nSPS) is 34.8. The number of ketones is 2. The fourth-order valence-corrected chi connectivity index (χ4v) is 9.60. The molecule has 5 aliphatic rings. The summed E-state index contributed by atoms with van der Waals surface area (Å²) in [6.45, 7) is 16.4. The second kappa shape index (κ2) is 20.2. The minimum Gasteiger partial charge on any atom is -0.458 e. The lowest BCUT2D eigenvalue weighted by molar-refractivity contribution is -0.187. The summed E-state index contributed by atoms with van der Waals surface area (Å²) >= 11 is 0. The van der Waals surface area contributed by atoms with Crippen molar-refractivity contribution in [3.05, 3.63) is 23.8 Å². The van der Waals surface area contributed by atoms with E-state index in [-0.39, 0.29) is 53.9 Å². The predicted octanol–water partition coefficient (Wildman–Crippen LogP) is 6.82. The summed E-state index contributed by atoms with van der Waals surface area (Å²) in [7, 11) is -2.82. The van der Waals surface area contributed by atoms with Gasteiger partial charge in [0, 0.05) is 31.4 Å². The summed E-state index contributed by atoms with van der Waals surface area (Å²) in [6.07, 6.45) is 12.5. The number of rotatable bonds is 11. The van der Waals surface area contributed by atoms with Gasteiger partial charge >= 0.3 is 23.2 Å². The van der Waals surface area contributed by atoms with Crippen LogP contribution in [0, 0.1) is 28.6 Å². The van der Waals surface area contributed by atoms with Crippen molar-refractivity contribution >= 4 is 34.7 Å². The highest BCUT2D eigenvalue weighted by Gasteiger charge is 2.74. The average molecular weight is 734 g/mol. The van der Waals surface area contributed by atoms with E-state index in [1.54, 1.807) is 6.08 Å². The lowest BCUT2D eigenvalue weighted by Gasteiger charge is -2.58. The molecular weight excluding hydrogens is 672 g/mol. The predicted molar refractivity (Wildman–Crippen MR) is 190 cm³/mol. The highest BCUT2D eigenvalue weighted by Crippen LogP contribution is 2.69. The molecular formula is C35H61NO11P2. The third-order valence-electron chi connectivity index (χ3n) is 10.3. The average Bonchev–Trinajstić information content (AvgIpc) is 3.56. The van der Waals surface area contributed by atoms with Crippen molar-refractivity contribution < 1.29 is 51.7 Å². The van der Waals surface area contributed by atoms with Crippen molar-refractivity contribution in [2.24, 2.45) is 34.3 Å². The molecule has 1 aliphatic heterocycles. The Morgan fingerprint density at radius 1 is 1.10 bits per heavy atom. The van der Waals surface area contributed by atoms with Crippen LogP contribution in [0.15, 0.2) is 23.8 Å². The van der Waals surface area contributed by atoms with E-state index in [0.717, 1.165) is 44.9 Å². The minimum atomic E-state index is -2.06. The lowest BCUT2D eigenvalue weighted by atomic mass is 9.47. The summed E-state index contributed by atoms with van der Waals surface area (Å²) in [6, 6.07) is 0. The van der Waals surface area contributed by atoms with Crippen molar-refractivity contribution in [2.75, 3.05) is 26.9 Å². The van der Waals surface area contributed by atoms with Crippen LogP contribution in [0.4, 0.5) is 0 Å². The maximum absolute atomic E-state index is 13.7. The van der Waals surface area contributed by atoms with Crippen molar-refractivity contribution in [3.63, 3.8) is 0 Å². The molecule has 1 heterocycles. The molecule has 8 unspecified atom stereocenters. The van der Waals surface area contributed by atoms with Gasteiger partial charge in [0.05, 0.1) is 12.7 Å². The molecule has 282 valence electrons. The Kier molecular flexibility index (Phi) is 18.1. The Balaban J connectivity index is 0.000000440.